The molecule has 0 aliphatic heterocycles. The quantitative estimate of drug-likeness (QED) is 0.226. The lowest BCUT2D eigenvalue weighted by Crippen LogP contribution is -2.26. The fourth-order valence-electron chi connectivity index (χ4n) is 2.58. The first-order valence-corrected chi connectivity index (χ1v) is 11.6. The van der Waals surface area contributed by atoms with E-state index >= 15 is 0 Å². The summed E-state index contributed by atoms with van der Waals surface area (Å²) in [5.74, 6) is -0.00351. The highest BCUT2D eigenvalue weighted by atomic mass is 35.5. The van der Waals surface area contributed by atoms with Crippen LogP contribution in [0.4, 0.5) is 5.69 Å². The van der Waals surface area contributed by atoms with Crippen molar-refractivity contribution >= 4 is 58.7 Å². The molecular formula is C24H21Cl2N3O3S. The molecule has 0 unspecified atom stereocenters. The van der Waals surface area contributed by atoms with E-state index in [9.17, 15) is 9.59 Å². The maximum atomic E-state index is 12.2. The van der Waals surface area contributed by atoms with Crippen molar-refractivity contribution in [2.75, 3.05) is 11.9 Å². The second-order valence-corrected chi connectivity index (χ2v) is 9.09. The van der Waals surface area contributed by atoms with Crippen LogP contribution in [-0.4, -0.2) is 29.9 Å². The molecule has 3 aromatic rings. The van der Waals surface area contributed by atoms with Crippen molar-refractivity contribution in [1.29, 1.82) is 0 Å². The van der Waals surface area contributed by atoms with E-state index < -0.39 is 0 Å². The van der Waals surface area contributed by atoms with Crippen LogP contribution < -0.4 is 15.5 Å². The Kier molecular flexibility index (Phi) is 9.18. The van der Waals surface area contributed by atoms with Gasteiger partial charge >= 0.3 is 0 Å². The number of carbonyl (C=O) groups is 2. The number of hydrogen-bond acceptors (Lipinski definition) is 5. The lowest BCUT2D eigenvalue weighted by Gasteiger charge is -2.09. The lowest BCUT2D eigenvalue weighted by atomic mass is 10.2. The van der Waals surface area contributed by atoms with Crippen LogP contribution in [0, 0.1) is 0 Å². The largest absolute Gasteiger partial charge is 0.484 e. The van der Waals surface area contributed by atoms with E-state index in [0.717, 1.165) is 10.5 Å². The SMILES string of the molecule is C[C@@H](Sc1ccc(Cl)cc1)C(=O)N/N=C\c1ccc(OCC(=O)Nc2ccccc2Cl)cc1. The number of halogens is 2. The first-order chi connectivity index (χ1) is 15.9. The normalized spacial score (nSPS) is 11.7. The van der Waals surface area contributed by atoms with Gasteiger partial charge in [0.05, 0.1) is 22.2 Å². The minimum atomic E-state index is -0.323. The van der Waals surface area contributed by atoms with Crippen LogP contribution >= 0.6 is 35.0 Å². The molecule has 3 rings (SSSR count). The van der Waals surface area contributed by atoms with Crippen molar-refractivity contribution in [3.05, 3.63) is 88.4 Å². The van der Waals surface area contributed by atoms with Crippen molar-refractivity contribution in [3.8, 4) is 5.75 Å². The Labute approximate surface area is 206 Å². The molecule has 0 radical (unpaired) electrons. The molecule has 0 heterocycles. The molecule has 0 aliphatic rings. The van der Waals surface area contributed by atoms with E-state index in [4.69, 9.17) is 27.9 Å². The molecule has 0 saturated carbocycles. The number of hydrogen-bond donors (Lipinski definition) is 2. The van der Waals surface area contributed by atoms with E-state index in [1.165, 1.54) is 18.0 Å². The van der Waals surface area contributed by atoms with Gasteiger partial charge in [0.2, 0.25) is 0 Å². The Morgan fingerprint density at radius 2 is 1.73 bits per heavy atom. The van der Waals surface area contributed by atoms with Crippen molar-refractivity contribution < 1.29 is 14.3 Å². The highest BCUT2D eigenvalue weighted by molar-refractivity contribution is 8.00. The summed E-state index contributed by atoms with van der Waals surface area (Å²) >= 11 is 13.3. The molecule has 0 aromatic heterocycles. The van der Waals surface area contributed by atoms with Gasteiger partial charge < -0.3 is 10.1 Å². The maximum absolute atomic E-state index is 12.2. The molecule has 3 aromatic carbocycles. The van der Waals surface area contributed by atoms with Gasteiger partial charge in [0.25, 0.3) is 11.8 Å². The number of nitrogens with one attached hydrogen (secondary N) is 2. The monoisotopic (exact) mass is 501 g/mol. The Morgan fingerprint density at radius 3 is 2.42 bits per heavy atom. The molecular weight excluding hydrogens is 481 g/mol. The van der Waals surface area contributed by atoms with Crippen LogP contribution in [-0.2, 0) is 9.59 Å². The summed E-state index contributed by atoms with van der Waals surface area (Å²) in [4.78, 5) is 25.2. The number of para-hydroxylation sites is 1. The molecule has 9 heteroatoms. The number of hydrazone groups is 1. The topological polar surface area (TPSA) is 79.8 Å². The second-order valence-electron chi connectivity index (χ2n) is 6.83. The van der Waals surface area contributed by atoms with Crippen LogP contribution in [0.5, 0.6) is 5.75 Å². The maximum Gasteiger partial charge on any atom is 0.262 e. The molecule has 0 saturated heterocycles. The molecule has 0 aliphatic carbocycles. The van der Waals surface area contributed by atoms with Gasteiger partial charge in [-0.05, 0) is 73.2 Å². The summed E-state index contributed by atoms with van der Waals surface area (Å²) < 4.78 is 5.49. The average molecular weight is 502 g/mol. The van der Waals surface area contributed by atoms with Crippen molar-refractivity contribution in [2.24, 2.45) is 5.10 Å². The zero-order valence-electron chi connectivity index (χ0n) is 17.6. The number of anilines is 1. The van der Waals surface area contributed by atoms with Gasteiger partial charge in [0.15, 0.2) is 6.61 Å². The third kappa shape index (κ3) is 8.13. The number of thioether (sulfide) groups is 1. The average Bonchev–Trinajstić information content (AvgIpc) is 2.81. The Hall–Kier alpha value is -3.00. The summed E-state index contributed by atoms with van der Waals surface area (Å²) in [6, 6.07) is 21.2. The highest BCUT2D eigenvalue weighted by Crippen LogP contribution is 2.24. The van der Waals surface area contributed by atoms with Crippen LogP contribution in [0.2, 0.25) is 10.0 Å². The molecule has 0 fully saturated rings. The van der Waals surface area contributed by atoms with E-state index in [2.05, 4.69) is 15.8 Å². The molecule has 33 heavy (non-hydrogen) atoms. The molecule has 1 atom stereocenters. The van der Waals surface area contributed by atoms with E-state index in [1.807, 2.05) is 12.1 Å². The molecule has 170 valence electrons. The van der Waals surface area contributed by atoms with Gasteiger partial charge in [-0.1, -0.05) is 35.3 Å². The minimum absolute atomic E-state index is 0.155. The third-order valence-corrected chi connectivity index (χ3v) is 5.98. The van der Waals surface area contributed by atoms with Gasteiger partial charge in [-0.25, -0.2) is 5.43 Å². The van der Waals surface area contributed by atoms with Crippen LogP contribution in [0.3, 0.4) is 0 Å². The number of carbonyl (C=O) groups excluding carboxylic acids is 2. The first-order valence-electron chi connectivity index (χ1n) is 9.93. The Balaban J connectivity index is 1.42. The second kappa shape index (κ2) is 12.3. The van der Waals surface area contributed by atoms with Gasteiger partial charge in [0.1, 0.15) is 5.75 Å². The summed E-state index contributed by atoms with van der Waals surface area (Å²) in [5.41, 5.74) is 3.83. The molecule has 2 N–H and O–H groups in total. The van der Waals surface area contributed by atoms with Gasteiger partial charge in [-0.15, -0.1) is 11.8 Å². The zero-order valence-corrected chi connectivity index (χ0v) is 20.0. The fraction of sp³-hybridized carbons (Fsp3) is 0.125. The van der Waals surface area contributed by atoms with Crippen LogP contribution in [0.1, 0.15) is 12.5 Å². The molecule has 2 amide bonds. The lowest BCUT2D eigenvalue weighted by molar-refractivity contribution is -0.120. The summed E-state index contributed by atoms with van der Waals surface area (Å²) in [6.45, 7) is 1.65. The predicted molar refractivity (Wildman–Crippen MR) is 135 cm³/mol. The standard InChI is InChI=1S/C24H21Cl2N3O3S/c1-16(33-20-12-8-18(25)9-13-20)24(31)29-27-14-17-6-10-19(11-7-17)32-15-23(30)28-22-5-3-2-4-21(22)26/h2-14,16H,15H2,1H3,(H,28,30)(H,29,31)/b27-14-/t16-/m1/s1. The van der Waals surface area contributed by atoms with Crippen molar-refractivity contribution in [3.63, 3.8) is 0 Å². The summed E-state index contributed by atoms with van der Waals surface area (Å²) in [6.07, 6.45) is 1.53. The molecule has 0 spiro atoms. The van der Waals surface area contributed by atoms with Crippen LogP contribution in [0.25, 0.3) is 0 Å². The summed E-state index contributed by atoms with van der Waals surface area (Å²) in [5, 5.41) is 7.48. The van der Waals surface area contributed by atoms with E-state index in [1.54, 1.807) is 67.6 Å². The highest BCUT2D eigenvalue weighted by Gasteiger charge is 2.13. The number of rotatable bonds is 9. The third-order valence-electron chi connectivity index (χ3n) is 4.28. The minimum Gasteiger partial charge on any atom is -0.484 e. The van der Waals surface area contributed by atoms with Crippen molar-refractivity contribution in [2.45, 2.75) is 17.1 Å². The van der Waals surface area contributed by atoms with E-state index in [-0.39, 0.29) is 23.7 Å². The first kappa shape index (κ1) is 24.6. The number of amides is 2. The van der Waals surface area contributed by atoms with Gasteiger partial charge in [0, 0.05) is 9.92 Å². The van der Waals surface area contributed by atoms with Gasteiger partial charge in [-0.3, -0.25) is 9.59 Å². The Morgan fingerprint density at radius 1 is 1.03 bits per heavy atom. The fourth-order valence-corrected chi connectivity index (χ4v) is 3.75. The van der Waals surface area contributed by atoms with E-state index in [0.29, 0.717) is 21.5 Å². The number of nitrogens with zero attached hydrogens (tertiary/aromatic N) is 1. The number of benzene rings is 3. The van der Waals surface area contributed by atoms with Crippen LogP contribution in [0.15, 0.2) is 82.8 Å². The zero-order chi connectivity index (χ0) is 23.6. The Bertz CT molecular complexity index is 1120. The number of ether oxygens (including phenoxy) is 1. The smallest absolute Gasteiger partial charge is 0.262 e. The van der Waals surface area contributed by atoms with Gasteiger partial charge in [-0.2, -0.15) is 5.10 Å². The van der Waals surface area contributed by atoms with Crippen molar-refractivity contribution in [1.82, 2.24) is 5.43 Å². The predicted octanol–water partition coefficient (Wildman–Crippen LogP) is 5.64. The molecule has 0 bridgehead atoms. The summed E-state index contributed by atoms with van der Waals surface area (Å²) in [7, 11) is 0. The molecule has 6 nitrogen and oxygen atoms in total.